The Labute approximate surface area is 138 Å². The van der Waals surface area contributed by atoms with E-state index >= 15 is 0 Å². The Morgan fingerprint density at radius 1 is 0.870 bits per heavy atom. The lowest BCUT2D eigenvalue weighted by Gasteiger charge is -2.07. The number of hydrogen-bond donors (Lipinski definition) is 0. The summed E-state index contributed by atoms with van der Waals surface area (Å²) >= 11 is 0. The second-order valence-corrected chi connectivity index (χ2v) is 5.75. The summed E-state index contributed by atoms with van der Waals surface area (Å²) in [5.74, 6) is 0. The summed E-state index contributed by atoms with van der Waals surface area (Å²) in [5, 5.41) is 2.51. The van der Waals surface area contributed by atoms with Gasteiger partial charge in [-0.1, -0.05) is 72.8 Å². The molecule has 0 bridgehead atoms. The minimum Gasteiger partial charge on any atom is -0.258 e. The van der Waals surface area contributed by atoms with Crippen LogP contribution in [0.3, 0.4) is 0 Å². The first kappa shape index (κ1) is 15.2. The van der Waals surface area contributed by atoms with Crippen LogP contribution in [0.5, 0.6) is 0 Å². The largest absolute Gasteiger partial charge is 0.258 e. The van der Waals surface area contributed by atoms with E-state index in [2.05, 4.69) is 79.7 Å². The molecule has 0 aliphatic rings. The summed E-state index contributed by atoms with van der Waals surface area (Å²) in [6, 6.07) is 25.4. The molecule has 1 heteroatoms. The number of nitrogens with zero attached hydrogens (tertiary/aromatic N) is 1. The van der Waals surface area contributed by atoms with Crippen molar-refractivity contribution >= 4 is 22.2 Å². The first-order chi connectivity index (χ1) is 11.3. The van der Waals surface area contributed by atoms with E-state index in [1.54, 1.807) is 0 Å². The van der Waals surface area contributed by atoms with Crippen molar-refractivity contribution in [2.75, 3.05) is 0 Å². The standard InChI is InChI=1S/C22H21N/c1-3-22(23-17(2)15-18-9-5-4-6-10-18)21-14-13-19-11-7-8-12-20(19)16-21/h3-14,16H,15H2,1-2H3/b22-3-,23-17?. The summed E-state index contributed by atoms with van der Waals surface area (Å²) in [6.45, 7) is 4.14. The highest BCUT2D eigenvalue weighted by Gasteiger charge is 2.03. The normalized spacial score (nSPS) is 12.6. The predicted molar refractivity (Wildman–Crippen MR) is 101 cm³/mol. The van der Waals surface area contributed by atoms with Gasteiger partial charge < -0.3 is 0 Å². The highest BCUT2D eigenvalue weighted by atomic mass is 14.8. The van der Waals surface area contributed by atoms with Crippen LogP contribution < -0.4 is 0 Å². The zero-order chi connectivity index (χ0) is 16.1. The van der Waals surface area contributed by atoms with Gasteiger partial charge in [0.25, 0.3) is 0 Å². The molecule has 0 aliphatic carbocycles. The monoisotopic (exact) mass is 299 g/mol. The summed E-state index contributed by atoms with van der Waals surface area (Å²) in [7, 11) is 0. The third-order valence-corrected chi connectivity index (χ3v) is 3.93. The van der Waals surface area contributed by atoms with Gasteiger partial charge in [-0.15, -0.1) is 0 Å². The van der Waals surface area contributed by atoms with Crippen LogP contribution in [0.1, 0.15) is 25.0 Å². The molecule has 3 aromatic carbocycles. The molecule has 3 aromatic rings. The fraction of sp³-hybridized carbons (Fsp3) is 0.136. The number of aliphatic imine (C=N–C) groups is 1. The minimum atomic E-state index is 0.881. The van der Waals surface area contributed by atoms with Crippen molar-refractivity contribution in [1.29, 1.82) is 0 Å². The van der Waals surface area contributed by atoms with Gasteiger partial charge in [0.1, 0.15) is 0 Å². The van der Waals surface area contributed by atoms with E-state index in [0.29, 0.717) is 0 Å². The average Bonchev–Trinajstić information content (AvgIpc) is 2.60. The second-order valence-electron chi connectivity index (χ2n) is 5.75. The number of hydrogen-bond acceptors (Lipinski definition) is 1. The Kier molecular flexibility index (Phi) is 4.68. The smallest absolute Gasteiger partial charge is 0.0658 e. The molecule has 114 valence electrons. The summed E-state index contributed by atoms with van der Waals surface area (Å²) in [4.78, 5) is 4.85. The lowest BCUT2D eigenvalue weighted by Crippen LogP contribution is -1.98. The van der Waals surface area contributed by atoms with Crippen molar-refractivity contribution in [3.63, 3.8) is 0 Å². The lowest BCUT2D eigenvalue weighted by atomic mass is 10.0. The third kappa shape index (κ3) is 3.75. The van der Waals surface area contributed by atoms with Crippen molar-refractivity contribution in [3.8, 4) is 0 Å². The van der Waals surface area contributed by atoms with Gasteiger partial charge in [-0.2, -0.15) is 0 Å². The third-order valence-electron chi connectivity index (χ3n) is 3.93. The summed E-state index contributed by atoms with van der Waals surface area (Å²) < 4.78 is 0. The van der Waals surface area contributed by atoms with E-state index in [4.69, 9.17) is 4.99 Å². The Hall–Kier alpha value is -2.67. The maximum Gasteiger partial charge on any atom is 0.0658 e. The van der Waals surface area contributed by atoms with Gasteiger partial charge >= 0.3 is 0 Å². The van der Waals surface area contributed by atoms with Gasteiger partial charge in [0.15, 0.2) is 0 Å². The molecule has 0 saturated heterocycles. The first-order valence-corrected chi connectivity index (χ1v) is 8.00. The van der Waals surface area contributed by atoms with Crippen LogP contribution in [0.15, 0.2) is 83.9 Å². The molecule has 0 atom stereocenters. The van der Waals surface area contributed by atoms with Crippen LogP contribution in [0.2, 0.25) is 0 Å². The Morgan fingerprint density at radius 3 is 2.30 bits per heavy atom. The maximum absolute atomic E-state index is 4.85. The molecule has 0 spiro atoms. The van der Waals surface area contributed by atoms with Crippen molar-refractivity contribution < 1.29 is 0 Å². The molecule has 1 nitrogen and oxygen atoms in total. The van der Waals surface area contributed by atoms with Crippen LogP contribution in [0.25, 0.3) is 16.5 Å². The Bertz CT molecular complexity index is 857. The molecule has 0 radical (unpaired) electrons. The van der Waals surface area contributed by atoms with Crippen molar-refractivity contribution in [2.45, 2.75) is 20.3 Å². The van der Waals surface area contributed by atoms with Gasteiger partial charge in [0.2, 0.25) is 0 Å². The molecule has 0 amide bonds. The molecule has 0 N–H and O–H groups in total. The highest BCUT2D eigenvalue weighted by molar-refractivity contribution is 5.91. The predicted octanol–water partition coefficient (Wildman–Crippen LogP) is 5.90. The number of fused-ring (bicyclic) bond motifs is 1. The molecule has 0 aliphatic heterocycles. The van der Waals surface area contributed by atoms with E-state index in [1.807, 2.05) is 13.0 Å². The lowest BCUT2D eigenvalue weighted by molar-refractivity contribution is 1.29. The quantitative estimate of drug-likeness (QED) is 0.531. The van der Waals surface area contributed by atoms with Gasteiger partial charge in [0.05, 0.1) is 5.70 Å². The number of rotatable bonds is 4. The molecule has 0 unspecified atom stereocenters. The fourth-order valence-corrected chi connectivity index (χ4v) is 2.78. The van der Waals surface area contributed by atoms with Crippen LogP contribution >= 0.6 is 0 Å². The zero-order valence-electron chi connectivity index (χ0n) is 13.7. The number of benzene rings is 3. The summed E-state index contributed by atoms with van der Waals surface area (Å²) in [5.41, 5.74) is 4.61. The molecule has 0 fully saturated rings. The SMILES string of the molecule is C/C=C(\N=C(C)Cc1ccccc1)c1ccc2ccccc2c1. The average molecular weight is 299 g/mol. The van der Waals surface area contributed by atoms with E-state index in [0.717, 1.165) is 17.8 Å². The zero-order valence-corrected chi connectivity index (χ0v) is 13.7. The van der Waals surface area contributed by atoms with Gasteiger partial charge in [-0.05, 0) is 36.2 Å². The fourth-order valence-electron chi connectivity index (χ4n) is 2.78. The van der Waals surface area contributed by atoms with Crippen molar-refractivity contribution in [1.82, 2.24) is 0 Å². The minimum absolute atomic E-state index is 0.881. The first-order valence-electron chi connectivity index (χ1n) is 8.00. The second kappa shape index (κ2) is 7.06. The van der Waals surface area contributed by atoms with Gasteiger partial charge in [-0.25, -0.2) is 0 Å². The molecular formula is C22H21N. The molecular weight excluding hydrogens is 278 g/mol. The van der Waals surface area contributed by atoms with Crippen LogP contribution in [0, 0.1) is 0 Å². The van der Waals surface area contributed by atoms with Crippen LogP contribution in [-0.2, 0) is 6.42 Å². The summed E-state index contributed by atoms with van der Waals surface area (Å²) in [6.07, 6.45) is 2.96. The van der Waals surface area contributed by atoms with Gasteiger partial charge in [-0.3, -0.25) is 4.99 Å². The van der Waals surface area contributed by atoms with E-state index < -0.39 is 0 Å². The van der Waals surface area contributed by atoms with E-state index in [9.17, 15) is 0 Å². The van der Waals surface area contributed by atoms with Crippen LogP contribution in [-0.4, -0.2) is 5.71 Å². The molecule has 0 heterocycles. The van der Waals surface area contributed by atoms with Crippen molar-refractivity contribution in [2.24, 2.45) is 4.99 Å². The van der Waals surface area contributed by atoms with E-state index in [1.165, 1.54) is 21.9 Å². The van der Waals surface area contributed by atoms with E-state index in [-0.39, 0.29) is 0 Å². The number of allylic oxidation sites excluding steroid dienone is 1. The van der Waals surface area contributed by atoms with Crippen molar-refractivity contribution in [3.05, 3.63) is 90.0 Å². The molecule has 0 aromatic heterocycles. The molecule has 3 rings (SSSR count). The Balaban J connectivity index is 1.87. The molecule has 0 saturated carbocycles. The maximum atomic E-state index is 4.85. The topological polar surface area (TPSA) is 12.4 Å². The molecule has 23 heavy (non-hydrogen) atoms. The Morgan fingerprint density at radius 2 is 1.57 bits per heavy atom. The van der Waals surface area contributed by atoms with Crippen LogP contribution in [0.4, 0.5) is 0 Å². The highest BCUT2D eigenvalue weighted by Crippen LogP contribution is 2.22. The van der Waals surface area contributed by atoms with Gasteiger partial charge in [0, 0.05) is 17.7 Å².